The van der Waals surface area contributed by atoms with Gasteiger partial charge >= 0.3 is 0 Å². The van der Waals surface area contributed by atoms with Gasteiger partial charge in [0.1, 0.15) is 0 Å². The van der Waals surface area contributed by atoms with Crippen LogP contribution in [0.2, 0.25) is 0 Å². The quantitative estimate of drug-likeness (QED) is 0.788. The normalized spacial score (nSPS) is 23.5. The highest BCUT2D eigenvalue weighted by atomic mass is 16.5. The average Bonchev–Trinajstić information content (AvgIpc) is 2.91. The van der Waals surface area contributed by atoms with Crippen molar-refractivity contribution in [3.63, 3.8) is 0 Å². The Bertz CT molecular complexity index is 478. The number of nitrogen functional groups attached to an aromatic ring is 1. The predicted molar refractivity (Wildman–Crippen MR) is 81.4 cm³/mol. The van der Waals surface area contributed by atoms with Crippen molar-refractivity contribution in [3.8, 4) is 0 Å². The van der Waals surface area contributed by atoms with Crippen LogP contribution in [-0.2, 0) is 4.74 Å². The van der Waals surface area contributed by atoms with Crippen LogP contribution in [0.3, 0.4) is 0 Å². The molecular formula is C13H23N7O. The number of nitrogens with zero attached hydrogens (tertiary/aromatic N) is 5. The van der Waals surface area contributed by atoms with Crippen molar-refractivity contribution in [2.75, 3.05) is 62.4 Å². The Labute approximate surface area is 124 Å². The highest BCUT2D eigenvalue weighted by Crippen LogP contribution is 2.17. The molecule has 8 heteroatoms. The largest absolute Gasteiger partial charge is 0.378 e. The van der Waals surface area contributed by atoms with Gasteiger partial charge in [0, 0.05) is 25.7 Å². The Balaban J connectivity index is 1.65. The summed E-state index contributed by atoms with van der Waals surface area (Å²) in [6.45, 7) is 4.96. The second-order valence-electron chi connectivity index (χ2n) is 5.57. The fraction of sp³-hybridized carbons (Fsp3) is 0.769. The van der Waals surface area contributed by atoms with E-state index >= 15 is 0 Å². The Morgan fingerprint density at radius 2 is 2.05 bits per heavy atom. The van der Waals surface area contributed by atoms with Gasteiger partial charge < -0.3 is 25.6 Å². The van der Waals surface area contributed by atoms with Crippen molar-refractivity contribution in [3.05, 3.63) is 0 Å². The van der Waals surface area contributed by atoms with Crippen LogP contribution in [0.25, 0.3) is 0 Å². The van der Waals surface area contributed by atoms with Gasteiger partial charge in [0.05, 0.1) is 13.2 Å². The van der Waals surface area contributed by atoms with E-state index in [-0.39, 0.29) is 5.95 Å². The van der Waals surface area contributed by atoms with Gasteiger partial charge in [-0.3, -0.25) is 0 Å². The van der Waals surface area contributed by atoms with Gasteiger partial charge in [-0.1, -0.05) is 0 Å². The number of nitrogens with two attached hydrogens (primary N) is 1. The third-order valence-electron chi connectivity index (χ3n) is 4.10. The van der Waals surface area contributed by atoms with E-state index in [0.717, 1.165) is 26.2 Å². The van der Waals surface area contributed by atoms with E-state index in [0.29, 0.717) is 31.2 Å². The summed E-state index contributed by atoms with van der Waals surface area (Å²) in [7, 11) is 2.15. The topological polar surface area (TPSA) is 92.4 Å². The summed E-state index contributed by atoms with van der Waals surface area (Å²) in [6.07, 6.45) is 2.46. The van der Waals surface area contributed by atoms with E-state index in [9.17, 15) is 0 Å². The molecule has 1 unspecified atom stereocenters. The molecule has 2 aliphatic rings. The third kappa shape index (κ3) is 3.51. The van der Waals surface area contributed by atoms with Gasteiger partial charge in [-0.05, 0) is 26.4 Å². The van der Waals surface area contributed by atoms with E-state index < -0.39 is 0 Å². The molecule has 0 aromatic carbocycles. The van der Waals surface area contributed by atoms with Crippen LogP contribution in [0.4, 0.5) is 17.8 Å². The van der Waals surface area contributed by atoms with Crippen LogP contribution in [0.15, 0.2) is 0 Å². The lowest BCUT2D eigenvalue weighted by molar-refractivity contribution is 0.122. The second-order valence-corrected chi connectivity index (χ2v) is 5.57. The molecule has 2 fully saturated rings. The van der Waals surface area contributed by atoms with E-state index in [1.54, 1.807) is 0 Å². The lowest BCUT2D eigenvalue weighted by atomic mass is 10.2. The van der Waals surface area contributed by atoms with Crippen molar-refractivity contribution >= 4 is 17.8 Å². The number of nitrogens with one attached hydrogen (secondary N) is 1. The Hall–Kier alpha value is -1.67. The maximum atomic E-state index is 5.81. The minimum absolute atomic E-state index is 0.258. The van der Waals surface area contributed by atoms with Crippen LogP contribution in [0.5, 0.6) is 0 Å². The molecule has 3 heterocycles. The lowest BCUT2D eigenvalue weighted by Crippen LogP contribution is -2.38. The van der Waals surface area contributed by atoms with Crippen molar-refractivity contribution in [1.82, 2.24) is 19.9 Å². The maximum absolute atomic E-state index is 5.81. The SMILES string of the molecule is CN1CCCC1CNc1nc(N)nc(N2CCOCC2)n1. The molecule has 1 atom stereocenters. The van der Waals surface area contributed by atoms with Gasteiger partial charge in [0.25, 0.3) is 0 Å². The van der Waals surface area contributed by atoms with Crippen LogP contribution >= 0.6 is 0 Å². The minimum atomic E-state index is 0.258. The smallest absolute Gasteiger partial charge is 0.232 e. The number of anilines is 3. The molecule has 116 valence electrons. The number of likely N-dealkylation sites (N-methyl/N-ethyl adjacent to an activating group) is 1. The molecule has 0 bridgehead atoms. The summed E-state index contributed by atoms with van der Waals surface area (Å²) in [5.41, 5.74) is 5.81. The van der Waals surface area contributed by atoms with Crippen molar-refractivity contribution < 1.29 is 4.74 Å². The second kappa shape index (κ2) is 6.40. The predicted octanol–water partition coefficient (Wildman–Crippen LogP) is -0.203. The summed E-state index contributed by atoms with van der Waals surface area (Å²) < 4.78 is 5.34. The molecule has 0 saturated carbocycles. The summed E-state index contributed by atoms with van der Waals surface area (Å²) in [5, 5.41) is 3.30. The van der Waals surface area contributed by atoms with E-state index in [2.05, 4.69) is 37.1 Å². The number of hydrogen-bond donors (Lipinski definition) is 2. The Morgan fingerprint density at radius 1 is 1.24 bits per heavy atom. The number of likely N-dealkylation sites (tertiary alicyclic amines) is 1. The van der Waals surface area contributed by atoms with Gasteiger partial charge in [0.15, 0.2) is 0 Å². The van der Waals surface area contributed by atoms with Crippen LogP contribution in [-0.4, -0.2) is 72.3 Å². The molecule has 1 aromatic heterocycles. The molecule has 2 aliphatic heterocycles. The number of hydrogen-bond acceptors (Lipinski definition) is 8. The zero-order chi connectivity index (χ0) is 14.7. The van der Waals surface area contributed by atoms with Gasteiger partial charge in [-0.15, -0.1) is 0 Å². The van der Waals surface area contributed by atoms with Gasteiger partial charge in [-0.25, -0.2) is 0 Å². The summed E-state index contributed by atoms with van der Waals surface area (Å²) >= 11 is 0. The first kappa shape index (κ1) is 14.3. The molecule has 0 aliphatic carbocycles. The lowest BCUT2D eigenvalue weighted by Gasteiger charge is -2.27. The fourth-order valence-electron chi connectivity index (χ4n) is 2.81. The monoisotopic (exact) mass is 293 g/mol. The molecule has 0 radical (unpaired) electrons. The third-order valence-corrected chi connectivity index (χ3v) is 4.10. The van der Waals surface area contributed by atoms with Crippen LogP contribution in [0.1, 0.15) is 12.8 Å². The summed E-state index contributed by atoms with van der Waals surface area (Å²) in [4.78, 5) is 17.3. The number of morpholine rings is 1. The van der Waals surface area contributed by atoms with Gasteiger partial charge in [-0.2, -0.15) is 15.0 Å². The molecule has 21 heavy (non-hydrogen) atoms. The van der Waals surface area contributed by atoms with E-state index in [4.69, 9.17) is 10.5 Å². The zero-order valence-electron chi connectivity index (χ0n) is 12.5. The van der Waals surface area contributed by atoms with Crippen molar-refractivity contribution in [1.29, 1.82) is 0 Å². The molecule has 2 saturated heterocycles. The molecule has 3 rings (SSSR count). The first-order valence-corrected chi connectivity index (χ1v) is 7.51. The zero-order valence-corrected chi connectivity index (χ0v) is 12.5. The van der Waals surface area contributed by atoms with E-state index in [1.807, 2.05) is 0 Å². The van der Waals surface area contributed by atoms with Crippen LogP contribution in [0, 0.1) is 0 Å². The standard InChI is InChI=1S/C13H23N7O/c1-19-4-2-3-10(19)9-15-12-16-11(14)17-13(18-12)20-5-7-21-8-6-20/h10H,2-9H2,1H3,(H3,14,15,16,17,18). The molecule has 1 aromatic rings. The highest BCUT2D eigenvalue weighted by Gasteiger charge is 2.21. The molecule has 3 N–H and O–H groups in total. The first-order chi connectivity index (χ1) is 10.2. The van der Waals surface area contributed by atoms with E-state index in [1.165, 1.54) is 12.8 Å². The Kier molecular flexibility index (Phi) is 4.35. The minimum Gasteiger partial charge on any atom is -0.378 e. The average molecular weight is 293 g/mol. The fourth-order valence-corrected chi connectivity index (χ4v) is 2.81. The maximum Gasteiger partial charge on any atom is 0.232 e. The molecule has 0 spiro atoms. The van der Waals surface area contributed by atoms with Crippen molar-refractivity contribution in [2.24, 2.45) is 0 Å². The van der Waals surface area contributed by atoms with Gasteiger partial charge in [0.2, 0.25) is 17.8 Å². The van der Waals surface area contributed by atoms with Crippen molar-refractivity contribution in [2.45, 2.75) is 18.9 Å². The first-order valence-electron chi connectivity index (χ1n) is 7.51. The number of aromatic nitrogens is 3. The Morgan fingerprint density at radius 3 is 2.76 bits per heavy atom. The summed E-state index contributed by atoms with van der Waals surface area (Å²) in [5.74, 6) is 1.45. The highest BCUT2D eigenvalue weighted by molar-refractivity contribution is 5.42. The number of rotatable bonds is 4. The summed E-state index contributed by atoms with van der Waals surface area (Å²) in [6, 6.07) is 0.537. The number of ether oxygens (including phenoxy) is 1. The molecular weight excluding hydrogens is 270 g/mol. The van der Waals surface area contributed by atoms with Crippen LogP contribution < -0.4 is 16.0 Å². The molecule has 8 nitrogen and oxygen atoms in total. The molecule has 0 amide bonds.